The molecule has 0 aromatic heterocycles. The summed E-state index contributed by atoms with van der Waals surface area (Å²) in [5, 5.41) is 3.16. The summed E-state index contributed by atoms with van der Waals surface area (Å²) in [7, 11) is 5.69. The summed E-state index contributed by atoms with van der Waals surface area (Å²) < 4.78 is 0. The molecule has 0 saturated carbocycles. The first-order valence-corrected chi connectivity index (χ1v) is 11.4. The third kappa shape index (κ3) is 6.10. The maximum Gasteiger partial charge on any atom is 0.252 e. The fourth-order valence-corrected chi connectivity index (χ4v) is 3.97. The number of likely N-dealkylation sites (N-methyl/N-ethyl adjacent to an activating group) is 1. The van der Waals surface area contributed by atoms with Crippen LogP contribution in [0.2, 0.25) is 0 Å². The van der Waals surface area contributed by atoms with E-state index in [0.29, 0.717) is 12.8 Å². The third-order valence-electron chi connectivity index (χ3n) is 6.26. The quantitative estimate of drug-likeness (QED) is 0.724. The number of carbonyl (C=O) groups is 2. The van der Waals surface area contributed by atoms with Crippen LogP contribution < -0.4 is 10.2 Å². The Labute approximate surface area is 192 Å². The van der Waals surface area contributed by atoms with E-state index in [9.17, 15) is 9.59 Å². The van der Waals surface area contributed by atoms with Gasteiger partial charge in [-0.2, -0.15) is 0 Å². The average Bonchev–Trinajstić information content (AvgIpc) is 2.78. The van der Waals surface area contributed by atoms with Crippen molar-refractivity contribution in [3.63, 3.8) is 0 Å². The number of nitrogens with one attached hydrogen (secondary N) is 1. The number of benzene rings is 2. The molecule has 0 bridgehead atoms. The predicted molar refractivity (Wildman–Crippen MR) is 130 cm³/mol. The van der Waals surface area contributed by atoms with E-state index in [4.69, 9.17) is 0 Å². The number of amides is 2. The molecule has 1 aliphatic rings. The normalized spacial score (nSPS) is 15.3. The molecule has 32 heavy (non-hydrogen) atoms. The summed E-state index contributed by atoms with van der Waals surface area (Å²) in [5.41, 5.74) is 4.95. The molecule has 1 saturated heterocycles. The van der Waals surface area contributed by atoms with Gasteiger partial charge in [0.2, 0.25) is 5.91 Å². The first-order chi connectivity index (χ1) is 15.2. The summed E-state index contributed by atoms with van der Waals surface area (Å²) in [6.45, 7) is 7.99. The molecule has 1 fully saturated rings. The van der Waals surface area contributed by atoms with Gasteiger partial charge in [0.15, 0.2) is 0 Å². The highest BCUT2D eigenvalue weighted by Crippen LogP contribution is 2.22. The van der Waals surface area contributed by atoms with Gasteiger partial charge in [-0.15, -0.1) is 0 Å². The Morgan fingerprint density at radius 1 is 1.06 bits per heavy atom. The fourth-order valence-electron chi connectivity index (χ4n) is 3.97. The maximum atomic E-state index is 13.1. The lowest BCUT2D eigenvalue weighted by Gasteiger charge is -2.34. The highest BCUT2D eigenvalue weighted by Gasteiger charge is 2.18. The Bertz CT molecular complexity index is 949. The van der Waals surface area contributed by atoms with Gasteiger partial charge in [0.25, 0.3) is 5.91 Å². The topological polar surface area (TPSA) is 55.9 Å². The zero-order chi connectivity index (χ0) is 23.3. The van der Waals surface area contributed by atoms with Crippen LogP contribution in [-0.4, -0.2) is 68.9 Å². The number of anilines is 1. The molecule has 6 heteroatoms. The van der Waals surface area contributed by atoms with Gasteiger partial charge in [-0.05, 0) is 56.1 Å². The van der Waals surface area contributed by atoms with Gasteiger partial charge in [0.05, 0.1) is 6.04 Å². The van der Waals surface area contributed by atoms with Gasteiger partial charge in [0, 0.05) is 57.9 Å². The molecule has 2 aromatic carbocycles. The minimum Gasteiger partial charge on any atom is -0.369 e. The minimum absolute atomic E-state index is 0.0563. The highest BCUT2D eigenvalue weighted by molar-refractivity contribution is 5.96. The largest absolute Gasteiger partial charge is 0.369 e. The molecule has 6 nitrogen and oxygen atoms in total. The molecule has 1 N–H and O–H groups in total. The Hall–Kier alpha value is -2.86. The van der Waals surface area contributed by atoms with Crippen molar-refractivity contribution in [3.05, 3.63) is 64.7 Å². The van der Waals surface area contributed by atoms with Gasteiger partial charge < -0.3 is 20.0 Å². The average molecular weight is 437 g/mol. The van der Waals surface area contributed by atoms with E-state index in [0.717, 1.165) is 54.1 Å². The summed E-state index contributed by atoms with van der Waals surface area (Å²) in [5.74, 6) is 0.0617. The number of carbonyl (C=O) groups excluding carboxylic acids is 2. The van der Waals surface area contributed by atoms with Gasteiger partial charge in [-0.1, -0.05) is 30.3 Å². The van der Waals surface area contributed by atoms with Gasteiger partial charge in [-0.25, -0.2) is 0 Å². The van der Waals surface area contributed by atoms with Gasteiger partial charge in [0.1, 0.15) is 0 Å². The molecule has 2 aromatic rings. The summed E-state index contributed by atoms with van der Waals surface area (Å²) in [6.07, 6.45) is 1.17. The van der Waals surface area contributed by atoms with Crippen LogP contribution in [0, 0.1) is 6.92 Å². The van der Waals surface area contributed by atoms with Crippen LogP contribution >= 0.6 is 0 Å². The van der Waals surface area contributed by atoms with E-state index in [2.05, 4.69) is 34.3 Å². The number of aryl methyl sites for hydroxylation is 2. The van der Waals surface area contributed by atoms with Crippen LogP contribution in [0.15, 0.2) is 42.5 Å². The second-order valence-electron chi connectivity index (χ2n) is 9.02. The van der Waals surface area contributed by atoms with Crippen LogP contribution in [0.3, 0.4) is 0 Å². The smallest absolute Gasteiger partial charge is 0.252 e. The van der Waals surface area contributed by atoms with E-state index in [-0.39, 0.29) is 17.9 Å². The Balaban J connectivity index is 1.67. The molecule has 0 radical (unpaired) electrons. The van der Waals surface area contributed by atoms with E-state index >= 15 is 0 Å². The fraction of sp³-hybridized carbons (Fsp3) is 0.462. The number of rotatable bonds is 7. The number of nitrogens with zero attached hydrogens (tertiary/aromatic N) is 3. The van der Waals surface area contributed by atoms with Crippen LogP contribution in [0.1, 0.15) is 46.4 Å². The highest BCUT2D eigenvalue weighted by atomic mass is 16.2. The van der Waals surface area contributed by atoms with Gasteiger partial charge >= 0.3 is 0 Å². The maximum absolute atomic E-state index is 13.1. The number of piperazine rings is 1. The van der Waals surface area contributed by atoms with Crippen molar-refractivity contribution < 1.29 is 9.59 Å². The number of hydrogen-bond acceptors (Lipinski definition) is 4. The first kappa shape index (κ1) is 23.8. The van der Waals surface area contributed by atoms with Gasteiger partial charge in [-0.3, -0.25) is 9.59 Å². The van der Waals surface area contributed by atoms with Crippen molar-refractivity contribution in [1.29, 1.82) is 0 Å². The van der Waals surface area contributed by atoms with Crippen molar-refractivity contribution in [2.45, 2.75) is 32.7 Å². The van der Waals surface area contributed by atoms with E-state index < -0.39 is 0 Å². The second-order valence-corrected chi connectivity index (χ2v) is 9.02. The zero-order valence-corrected chi connectivity index (χ0v) is 20.0. The SMILES string of the molecule is Cc1ccc(N2CCN(C)CC2)cc1C(=O)N[C@H](C)c1cccc(CCC(=O)N(C)C)c1. The van der Waals surface area contributed by atoms with Crippen LogP contribution in [-0.2, 0) is 11.2 Å². The van der Waals surface area contributed by atoms with E-state index in [1.807, 2.05) is 44.2 Å². The minimum atomic E-state index is -0.126. The van der Waals surface area contributed by atoms with Crippen LogP contribution in [0.5, 0.6) is 0 Å². The molecule has 3 rings (SSSR count). The zero-order valence-electron chi connectivity index (χ0n) is 20.0. The molecule has 0 aliphatic carbocycles. The molecule has 2 amide bonds. The van der Waals surface area contributed by atoms with Crippen molar-refractivity contribution in [2.24, 2.45) is 0 Å². The van der Waals surface area contributed by atoms with E-state index in [1.165, 1.54) is 0 Å². The van der Waals surface area contributed by atoms with Crippen molar-refractivity contribution in [1.82, 2.24) is 15.1 Å². The Morgan fingerprint density at radius 2 is 1.78 bits per heavy atom. The molecule has 1 aliphatic heterocycles. The molecule has 0 spiro atoms. The Kier molecular flexibility index (Phi) is 7.91. The predicted octanol–water partition coefficient (Wildman–Crippen LogP) is 3.26. The summed E-state index contributed by atoms with van der Waals surface area (Å²) >= 11 is 0. The molecule has 172 valence electrons. The van der Waals surface area contributed by atoms with Crippen molar-refractivity contribution in [3.8, 4) is 0 Å². The van der Waals surface area contributed by atoms with Crippen LogP contribution in [0.25, 0.3) is 0 Å². The Morgan fingerprint density at radius 3 is 2.47 bits per heavy atom. The molecule has 0 unspecified atom stereocenters. The molecule has 1 heterocycles. The van der Waals surface area contributed by atoms with Crippen LogP contribution in [0.4, 0.5) is 5.69 Å². The molecule has 1 atom stereocenters. The first-order valence-electron chi connectivity index (χ1n) is 11.4. The third-order valence-corrected chi connectivity index (χ3v) is 6.26. The monoisotopic (exact) mass is 436 g/mol. The summed E-state index contributed by atoms with van der Waals surface area (Å²) in [4.78, 5) is 31.3. The van der Waals surface area contributed by atoms with Crippen molar-refractivity contribution >= 4 is 17.5 Å². The molecular formula is C26H36N4O2. The van der Waals surface area contributed by atoms with E-state index in [1.54, 1.807) is 19.0 Å². The number of hydrogen-bond donors (Lipinski definition) is 1. The lowest BCUT2D eigenvalue weighted by molar-refractivity contribution is -0.128. The van der Waals surface area contributed by atoms with Crippen molar-refractivity contribution in [2.75, 3.05) is 52.2 Å². The lowest BCUT2D eigenvalue weighted by atomic mass is 10.0. The summed E-state index contributed by atoms with van der Waals surface area (Å²) in [6, 6.07) is 14.2. The standard InChI is InChI=1S/C26H36N4O2/c1-19-9-11-23(30-15-13-29(5)14-16-30)18-24(19)26(32)27-20(2)22-8-6-7-21(17-22)10-12-25(31)28(3)4/h6-9,11,17-18,20H,10,12-16H2,1-5H3,(H,27,32)/t20-/m1/s1. The lowest BCUT2D eigenvalue weighted by Crippen LogP contribution is -2.44. The molecular weight excluding hydrogens is 400 g/mol. The second kappa shape index (κ2) is 10.6.